The fourth-order valence-corrected chi connectivity index (χ4v) is 1.59. The lowest BCUT2D eigenvalue weighted by Crippen LogP contribution is -2.39. The summed E-state index contributed by atoms with van der Waals surface area (Å²) >= 11 is 0. The van der Waals surface area contributed by atoms with Crippen LogP contribution in [-0.4, -0.2) is 41.3 Å². The van der Waals surface area contributed by atoms with Crippen LogP contribution < -0.4 is 0 Å². The Balaban J connectivity index is 2.30. The molecule has 1 aliphatic heterocycles. The van der Waals surface area contributed by atoms with Gasteiger partial charge < -0.3 is 5.11 Å². The monoisotopic (exact) mass is 174 g/mol. The molecule has 0 aromatic rings. The van der Waals surface area contributed by atoms with E-state index in [-0.39, 0.29) is 24.1 Å². The predicted molar refractivity (Wildman–Crippen MR) is 43.2 cm³/mol. The van der Waals surface area contributed by atoms with Crippen molar-refractivity contribution in [2.24, 2.45) is 5.92 Å². The van der Waals surface area contributed by atoms with Crippen LogP contribution in [0.25, 0.3) is 0 Å². The van der Waals surface area contributed by atoms with Gasteiger partial charge in [0.15, 0.2) is 0 Å². The number of nitrogens with zero attached hydrogens (tertiary/aromatic N) is 2. The minimum Gasteiger partial charge on any atom is -0.396 e. The van der Waals surface area contributed by atoms with Crippen LogP contribution in [0.3, 0.4) is 0 Å². The third kappa shape index (κ3) is 2.75. The summed E-state index contributed by atoms with van der Waals surface area (Å²) in [5.41, 5.74) is 0. The second kappa shape index (κ2) is 4.37. The Bertz CT molecular complexity index is 163. The van der Waals surface area contributed by atoms with Crippen LogP contribution in [0.2, 0.25) is 0 Å². The molecule has 1 N–H and O–H groups in total. The summed E-state index contributed by atoms with van der Waals surface area (Å²) in [5, 5.41) is 19.0. The van der Waals surface area contributed by atoms with E-state index in [4.69, 9.17) is 5.11 Å². The molecule has 1 saturated heterocycles. The van der Waals surface area contributed by atoms with Crippen molar-refractivity contribution in [1.82, 2.24) is 4.90 Å². The van der Waals surface area contributed by atoms with Crippen molar-refractivity contribution >= 4 is 0 Å². The lowest BCUT2D eigenvalue weighted by atomic mass is 10.00. The number of nitro groups is 1. The summed E-state index contributed by atoms with van der Waals surface area (Å²) < 4.78 is 0. The van der Waals surface area contributed by atoms with Crippen LogP contribution in [0, 0.1) is 16.0 Å². The number of hydrogen-bond donors (Lipinski definition) is 1. The SMILES string of the molecule is O=[N+]([O-])CN1CCCC(CO)C1. The molecule has 0 aromatic heterocycles. The third-order valence-corrected chi connectivity index (χ3v) is 2.18. The summed E-state index contributed by atoms with van der Waals surface area (Å²) in [5.74, 6) is 0.235. The minimum atomic E-state index is -0.320. The van der Waals surface area contributed by atoms with Gasteiger partial charge in [-0.1, -0.05) is 0 Å². The van der Waals surface area contributed by atoms with Crippen molar-refractivity contribution in [3.05, 3.63) is 10.1 Å². The van der Waals surface area contributed by atoms with E-state index in [0.29, 0.717) is 6.54 Å². The largest absolute Gasteiger partial charge is 0.396 e. The Labute approximate surface area is 71.1 Å². The summed E-state index contributed by atoms with van der Waals surface area (Å²) in [7, 11) is 0. The van der Waals surface area contributed by atoms with E-state index >= 15 is 0 Å². The summed E-state index contributed by atoms with van der Waals surface area (Å²) in [6.45, 7) is 1.51. The highest BCUT2D eigenvalue weighted by Crippen LogP contribution is 2.14. The molecule has 1 heterocycles. The smallest absolute Gasteiger partial charge is 0.259 e. The van der Waals surface area contributed by atoms with Gasteiger partial charge in [0, 0.05) is 24.6 Å². The van der Waals surface area contributed by atoms with Crippen LogP contribution in [0.4, 0.5) is 0 Å². The van der Waals surface area contributed by atoms with Crippen LogP contribution >= 0.6 is 0 Å². The number of hydrogen-bond acceptors (Lipinski definition) is 4. The molecule has 1 rings (SSSR count). The molecular formula is C7H14N2O3. The average Bonchev–Trinajstić information content (AvgIpc) is 2.03. The number of likely N-dealkylation sites (tertiary alicyclic amines) is 1. The number of aliphatic hydroxyl groups excluding tert-OH is 1. The van der Waals surface area contributed by atoms with Gasteiger partial charge in [-0.2, -0.15) is 0 Å². The molecule has 1 atom stereocenters. The lowest BCUT2D eigenvalue weighted by molar-refractivity contribution is -0.505. The fourth-order valence-electron chi connectivity index (χ4n) is 1.59. The van der Waals surface area contributed by atoms with Gasteiger partial charge in [-0.15, -0.1) is 0 Å². The number of rotatable bonds is 3. The highest BCUT2D eigenvalue weighted by atomic mass is 16.6. The Hall–Kier alpha value is -0.680. The molecule has 70 valence electrons. The molecule has 0 aliphatic carbocycles. The molecule has 12 heavy (non-hydrogen) atoms. The predicted octanol–water partition coefficient (Wildman–Crippen LogP) is -0.0751. The first-order valence-electron chi connectivity index (χ1n) is 4.17. The normalized spacial score (nSPS) is 25.6. The van der Waals surface area contributed by atoms with Crippen LogP contribution in [0.5, 0.6) is 0 Å². The zero-order chi connectivity index (χ0) is 8.97. The zero-order valence-electron chi connectivity index (χ0n) is 6.98. The summed E-state index contributed by atoms with van der Waals surface area (Å²) in [6, 6.07) is 0. The second-order valence-electron chi connectivity index (χ2n) is 3.24. The van der Waals surface area contributed by atoms with E-state index in [1.807, 2.05) is 0 Å². The Morgan fingerprint density at radius 3 is 3.00 bits per heavy atom. The Morgan fingerprint density at radius 1 is 1.67 bits per heavy atom. The zero-order valence-corrected chi connectivity index (χ0v) is 6.98. The molecule has 0 spiro atoms. The molecule has 5 heteroatoms. The van der Waals surface area contributed by atoms with Gasteiger partial charge in [-0.25, -0.2) is 4.90 Å². The number of aliphatic hydroxyl groups is 1. The van der Waals surface area contributed by atoms with E-state index in [9.17, 15) is 10.1 Å². The molecule has 5 nitrogen and oxygen atoms in total. The first kappa shape index (κ1) is 9.41. The maximum absolute atomic E-state index is 10.2. The molecule has 0 aromatic carbocycles. The maximum Gasteiger partial charge on any atom is 0.259 e. The molecule has 0 radical (unpaired) electrons. The number of piperidine rings is 1. The van der Waals surface area contributed by atoms with Crippen molar-refractivity contribution in [3.63, 3.8) is 0 Å². The summed E-state index contributed by atoms with van der Waals surface area (Å²) in [6.07, 6.45) is 1.95. The van der Waals surface area contributed by atoms with Gasteiger partial charge in [0.25, 0.3) is 6.67 Å². The van der Waals surface area contributed by atoms with Crippen LogP contribution in [0.1, 0.15) is 12.8 Å². The van der Waals surface area contributed by atoms with Gasteiger partial charge in [0.1, 0.15) is 0 Å². The van der Waals surface area contributed by atoms with E-state index in [1.165, 1.54) is 0 Å². The lowest BCUT2D eigenvalue weighted by Gasteiger charge is -2.28. The van der Waals surface area contributed by atoms with E-state index in [0.717, 1.165) is 19.4 Å². The minimum absolute atomic E-state index is 0.0868. The maximum atomic E-state index is 10.2. The van der Waals surface area contributed by atoms with Gasteiger partial charge in [-0.05, 0) is 18.8 Å². The van der Waals surface area contributed by atoms with Crippen molar-refractivity contribution < 1.29 is 10.0 Å². The molecular weight excluding hydrogens is 160 g/mol. The first-order valence-corrected chi connectivity index (χ1v) is 4.17. The highest BCUT2D eigenvalue weighted by Gasteiger charge is 2.21. The standard InChI is InChI=1S/C7H14N2O3/c10-5-7-2-1-3-8(4-7)6-9(11)12/h7,10H,1-6H2. The highest BCUT2D eigenvalue weighted by molar-refractivity contribution is 4.69. The first-order chi connectivity index (χ1) is 5.72. The van der Waals surface area contributed by atoms with Gasteiger partial charge in [0.05, 0.1) is 0 Å². The van der Waals surface area contributed by atoms with E-state index < -0.39 is 0 Å². The molecule has 1 aliphatic rings. The third-order valence-electron chi connectivity index (χ3n) is 2.18. The fraction of sp³-hybridized carbons (Fsp3) is 1.00. The van der Waals surface area contributed by atoms with Crippen LogP contribution in [-0.2, 0) is 0 Å². The van der Waals surface area contributed by atoms with Gasteiger partial charge in [0.2, 0.25) is 0 Å². The topological polar surface area (TPSA) is 66.6 Å². The second-order valence-corrected chi connectivity index (χ2v) is 3.24. The molecule has 0 bridgehead atoms. The van der Waals surface area contributed by atoms with Gasteiger partial charge >= 0.3 is 0 Å². The van der Waals surface area contributed by atoms with E-state index in [2.05, 4.69) is 0 Å². The van der Waals surface area contributed by atoms with Crippen LogP contribution in [0.15, 0.2) is 0 Å². The quantitative estimate of drug-likeness (QED) is 0.480. The summed E-state index contributed by atoms with van der Waals surface area (Å²) in [4.78, 5) is 11.6. The van der Waals surface area contributed by atoms with Crippen molar-refractivity contribution in [1.29, 1.82) is 0 Å². The van der Waals surface area contributed by atoms with E-state index in [1.54, 1.807) is 4.90 Å². The van der Waals surface area contributed by atoms with Crippen molar-refractivity contribution in [2.75, 3.05) is 26.4 Å². The molecule has 1 fully saturated rings. The van der Waals surface area contributed by atoms with Crippen molar-refractivity contribution in [3.8, 4) is 0 Å². The average molecular weight is 174 g/mol. The Kier molecular flexibility index (Phi) is 3.43. The Morgan fingerprint density at radius 2 is 2.42 bits per heavy atom. The molecule has 0 saturated carbocycles. The van der Waals surface area contributed by atoms with Gasteiger partial charge in [-0.3, -0.25) is 10.1 Å². The molecule has 1 unspecified atom stereocenters. The molecule has 0 amide bonds. The van der Waals surface area contributed by atoms with Crippen molar-refractivity contribution in [2.45, 2.75) is 12.8 Å².